The fourth-order valence-corrected chi connectivity index (χ4v) is 5.74. The lowest BCUT2D eigenvalue weighted by atomic mass is 9.91. The lowest BCUT2D eigenvalue weighted by Gasteiger charge is -2.15. The van der Waals surface area contributed by atoms with Crippen LogP contribution in [0.5, 0.6) is 0 Å². The van der Waals surface area contributed by atoms with Crippen molar-refractivity contribution in [1.29, 1.82) is 0 Å². The van der Waals surface area contributed by atoms with Crippen molar-refractivity contribution in [3.8, 4) is 0 Å². The molecule has 0 heteroatoms. The second-order valence-corrected chi connectivity index (χ2v) is 11.7. The highest BCUT2D eigenvalue weighted by atomic mass is 14.1. The maximum atomic E-state index is 2.37. The molecule has 0 nitrogen and oxygen atoms in total. The van der Waals surface area contributed by atoms with Crippen molar-refractivity contribution in [3.63, 3.8) is 0 Å². The number of hydrogen-bond donors (Lipinski definition) is 0. The van der Waals surface area contributed by atoms with Crippen LogP contribution < -0.4 is 0 Å². The van der Waals surface area contributed by atoms with Gasteiger partial charge in [0.2, 0.25) is 0 Å². The SMILES string of the molecule is CCCCCCCCCCCCCCCCCCCCCCCCC(CCC)CCCCCC. The standard InChI is InChI=1S/C34H70/c1-4-7-9-11-12-13-14-15-16-17-18-19-20-21-22-23-24-25-26-27-28-30-33-34(31-6-3)32-29-10-8-5-2/h34H,4-33H2,1-3H3. The summed E-state index contributed by atoms with van der Waals surface area (Å²) in [7, 11) is 0. The molecule has 0 aromatic carbocycles. The Bertz CT molecular complexity index is 333. The molecule has 0 fully saturated rings. The Balaban J connectivity index is 3.20. The van der Waals surface area contributed by atoms with Crippen LogP contribution in [0.1, 0.15) is 213 Å². The van der Waals surface area contributed by atoms with E-state index >= 15 is 0 Å². The molecule has 0 aliphatic rings. The molecule has 0 amide bonds. The lowest BCUT2D eigenvalue weighted by molar-refractivity contribution is 0.378. The van der Waals surface area contributed by atoms with E-state index < -0.39 is 0 Å². The molecule has 0 aromatic heterocycles. The van der Waals surface area contributed by atoms with E-state index in [2.05, 4.69) is 20.8 Å². The molecule has 206 valence electrons. The summed E-state index contributed by atoms with van der Waals surface area (Å²) in [6, 6.07) is 0. The molecule has 0 bridgehead atoms. The monoisotopic (exact) mass is 479 g/mol. The lowest BCUT2D eigenvalue weighted by Crippen LogP contribution is -2.00. The van der Waals surface area contributed by atoms with Gasteiger partial charge in [0.15, 0.2) is 0 Å². The largest absolute Gasteiger partial charge is 0.0654 e. The van der Waals surface area contributed by atoms with E-state index in [-0.39, 0.29) is 0 Å². The van der Waals surface area contributed by atoms with Gasteiger partial charge in [0.25, 0.3) is 0 Å². The summed E-state index contributed by atoms with van der Waals surface area (Å²) in [6.45, 7) is 7.00. The van der Waals surface area contributed by atoms with Gasteiger partial charge in [0, 0.05) is 0 Å². The average Bonchev–Trinajstić information content (AvgIpc) is 2.84. The van der Waals surface area contributed by atoms with Crippen molar-refractivity contribution in [1.82, 2.24) is 0 Å². The Labute approximate surface area is 219 Å². The third kappa shape index (κ3) is 28.2. The molecule has 1 unspecified atom stereocenters. The maximum absolute atomic E-state index is 2.37. The highest BCUT2D eigenvalue weighted by molar-refractivity contribution is 4.60. The van der Waals surface area contributed by atoms with E-state index in [1.54, 1.807) is 0 Å². The van der Waals surface area contributed by atoms with E-state index in [4.69, 9.17) is 0 Å². The molecule has 0 saturated heterocycles. The van der Waals surface area contributed by atoms with Crippen LogP contribution in [-0.2, 0) is 0 Å². The van der Waals surface area contributed by atoms with E-state index in [0.717, 1.165) is 5.92 Å². The van der Waals surface area contributed by atoms with E-state index in [1.165, 1.54) is 193 Å². The van der Waals surface area contributed by atoms with Crippen LogP contribution in [-0.4, -0.2) is 0 Å². The predicted molar refractivity (Wildman–Crippen MR) is 159 cm³/mol. The van der Waals surface area contributed by atoms with E-state index in [9.17, 15) is 0 Å². The molecular weight excluding hydrogens is 408 g/mol. The Morgan fingerprint density at radius 1 is 0.235 bits per heavy atom. The van der Waals surface area contributed by atoms with Gasteiger partial charge in [-0.2, -0.15) is 0 Å². The van der Waals surface area contributed by atoms with Gasteiger partial charge in [0.1, 0.15) is 0 Å². The molecule has 0 heterocycles. The van der Waals surface area contributed by atoms with E-state index in [1.807, 2.05) is 0 Å². The zero-order valence-corrected chi connectivity index (χ0v) is 24.8. The molecule has 0 rings (SSSR count). The summed E-state index contributed by atoms with van der Waals surface area (Å²) in [5.74, 6) is 1.03. The van der Waals surface area contributed by atoms with Crippen LogP contribution in [0.4, 0.5) is 0 Å². The summed E-state index contributed by atoms with van der Waals surface area (Å²) in [5.41, 5.74) is 0. The second-order valence-electron chi connectivity index (χ2n) is 11.7. The van der Waals surface area contributed by atoms with Crippen LogP contribution in [0.25, 0.3) is 0 Å². The molecule has 34 heavy (non-hydrogen) atoms. The summed E-state index contributed by atoms with van der Waals surface area (Å²) in [6.07, 6.45) is 44.3. The highest BCUT2D eigenvalue weighted by Crippen LogP contribution is 2.23. The number of unbranched alkanes of at least 4 members (excludes halogenated alkanes) is 24. The quantitative estimate of drug-likeness (QED) is 0.0900. The molecule has 0 aliphatic carbocycles. The van der Waals surface area contributed by atoms with Crippen molar-refractivity contribution >= 4 is 0 Å². The zero-order valence-electron chi connectivity index (χ0n) is 24.8. The minimum Gasteiger partial charge on any atom is -0.0654 e. The van der Waals surface area contributed by atoms with Crippen LogP contribution in [0.3, 0.4) is 0 Å². The first kappa shape index (κ1) is 34.0. The van der Waals surface area contributed by atoms with Gasteiger partial charge in [-0.05, 0) is 5.92 Å². The van der Waals surface area contributed by atoms with Crippen molar-refractivity contribution < 1.29 is 0 Å². The summed E-state index contributed by atoms with van der Waals surface area (Å²) in [5, 5.41) is 0. The van der Waals surface area contributed by atoms with Gasteiger partial charge in [-0.15, -0.1) is 0 Å². The van der Waals surface area contributed by atoms with Crippen LogP contribution in [0.2, 0.25) is 0 Å². The fraction of sp³-hybridized carbons (Fsp3) is 1.00. The molecule has 0 N–H and O–H groups in total. The van der Waals surface area contributed by atoms with Crippen molar-refractivity contribution in [2.24, 2.45) is 5.92 Å². The highest BCUT2D eigenvalue weighted by Gasteiger charge is 2.07. The normalized spacial score (nSPS) is 12.4. The van der Waals surface area contributed by atoms with Gasteiger partial charge in [-0.25, -0.2) is 0 Å². The molecular formula is C34H70. The van der Waals surface area contributed by atoms with Crippen molar-refractivity contribution in [3.05, 3.63) is 0 Å². The van der Waals surface area contributed by atoms with Gasteiger partial charge in [-0.1, -0.05) is 213 Å². The average molecular weight is 479 g/mol. The topological polar surface area (TPSA) is 0 Å². The van der Waals surface area contributed by atoms with Crippen molar-refractivity contribution in [2.45, 2.75) is 213 Å². The molecule has 0 aliphatic heterocycles. The van der Waals surface area contributed by atoms with E-state index in [0.29, 0.717) is 0 Å². The van der Waals surface area contributed by atoms with Gasteiger partial charge in [0.05, 0.1) is 0 Å². The van der Waals surface area contributed by atoms with Crippen molar-refractivity contribution in [2.75, 3.05) is 0 Å². The Hall–Kier alpha value is 0. The summed E-state index contributed by atoms with van der Waals surface area (Å²) in [4.78, 5) is 0. The van der Waals surface area contributed by atoms with Crippen LogP contribution in [0, 0.1) is 5.92 Å². The molecule has 1 atom stereocenters. The summed E-state index contributed by atoms with van der Waals surface area (Å²) >= 11 is 0. The third-order valence-corrected chi connectivity index (χ3v) is 8.13. The second kappa shape index (κ2) is 31.0. The Morgan fingerprint density at radius 2 is 0.471 bits per heavy atom. The third-order valence-electron chi connectivity index (χ3n) is 8.13. The first-order valence-corrected chi connectivity index (χ1v) is 16.8. The number of rotatable bonds is 30. The smallest absolute Gasteiger partial charge is 0.0414 e. The van der Waals surface area contributed by atoms with Gasteiger partial charge < -0.3 is 0 Å². The van der Waals surface area contributed by atoms with Crippen LogP contribution in [0.15, 0.2) is 0 Å². The minimum atomic E-state index is 1.03. The number of hydrogen-bond acceptors (Lipinski definition) is 0. The fourth-order valence-electron chi connectivity index (χ4n) is 5.74. The van der Waals surface area contributed by atoms with Crippen LogP contribution >= 0.6 is 0 Å². The molecule has 0 radical (unpaired) electrons. The van der Waals surface area contributed by atoms with Gasteiger partial charge >= 0.3 is 0 Å². The van der Waals surface area contributed by atoms with Gasteiger partial charge in [-0.3, -0.25) is 0 Å². The Morgan fingerprint density at radius 3 is 0.735 bits per heavy atom. The molecule has 0 saturated carbocycles. The zero-order chi connectivity index (χ0) is 24.8. The maximum Gasteiger partial charge on any atom is -0.0414 e. The minimum absolute atomic E-state index is 1.03. The predicted octanol–water partition coefficient (Wildman–Crippen LogP) is 13.4. The molecule has 0 aromatic rings. The first-order chi connectivity index (χ1) is 16.8. The Kier molecular flexibility index (Phi) is 31.0. The molecule has 0 spiro atoms. The summed E-state index contributed by atoms with van der Waals surface area (Å²) < 4.78 is 0. The first-order valence-electron chi connectivity index (χ1n) is 16.8.